The molecule has 1 atom stereocenters. The van der Waals surface area contributed by atoms with Gasteiger partial charge in [-0.15, -0.1) is 0 Å². The quantitative estimate of drug-likeness (QED) is 0.736. The van der Waals surface area contributed by atoms with Crippen LogP contribution in [0.5, 0.6) is 0 Å². The number of hydrogen-bond acceptors (Lipinski definition) is 5. The van der Waals surface area contributed by atoms with Crippen LogP contribution in [0, 0.1) is 5.82 Å². The van der Waals surface area contributed by atoms with Crippen molar-refractivity contribution in [3.8, 4) is 11.4 Å². The smallest absolute Gasteiger partial charge is 0.243 e. The summed E-state index contributed by atoms with van der Waals surface area (Å²) >= 11 is 3.45. The zero-order valence-electron chi connectivity index (χ0n) is 12.6. The molecule has 0 aliphatic carbocycles. The third kappa shape index (κ3) is 3.48. The normalized spacial score (nSPS) is 12.5. The van der Waals surface area contributed by atoms with Crippen molar-refractivity contribution in [1.29, 1.82) is 0 Å². The topological polar surface area (TPSA) is 68.8 Å². The molecule has 1 aromatic carbocycles. The summed E-state index contributed by atoms with van der Waals surface area (Å²) in [6.45, 7) is 2.52. The predicted octanol–water partition coefficient (Wildman–Crippen LogP) is 3.22. The van der Waals surface area contributed by atoms with Crippen LogP contribution in [-0.2, 0) is 13.6 Å². The lowest BCUT2D eigenvalue weighted by molar-refractivity contribution is 0.337. The maximum Gasteiger partial charge on any atom is 0.243 e. The molecule has 1 N–H and O–H groups in total. The minimum atomic E-state index is -0.332. The first-order valence-corrected chi connectivity index (χ1v) is 7.83. The Kier molecular flexibility index (Phi) is 4.53. The van der Waals surface area contributed by atoms with Gasteiger partial charge in [-0.05, 0) is 35.0 Å². The molecule has 23 heavy (non-hydrogen) atoms. The number of halogens is 2. The molecule has 0 spiro atoms. The molecular formula is C15H15BrFN5O. The lowest BCUT2D eigenvalue weighted by Crippen LogP contribution is -2.20. The van der Waals surface area contributed by atoms with E-state index in [1.807, 2.05) is 14.0 Å². The van der Waals surface area contributed by atoms with Crippen LogP contribution >= 0.6 is 15.9 Å². The largest absolute Gasteiger partial charge is 0.337 e. The van der Waals surface area contributed by atoms with Gasteiger partial charge in [0.15, 0.2) is 0 Å². The molecule has 120 valence electrons. The van der Waals surface area contributed by atoms with Gasteiger partial charge in [-0.2, -0.15) is 10.1 Å². The van der Waals surface area contributed by atoms with Crippen molar-refractivity contribution in [3.63, 3.8) is 0 Å². The van der Waals surface area contributed by atoms with Crippen LogP contribution in [0.2, 0.25) is 0 Å². The summed E-state index contributed by atoms with van der Waals surface area (Å²) in [5, 5.41) is 11.4. The molecule has 0 saturated heterocycles. The van der Waals surface area contributed by atoms with E-state index in [4.69, 9.17) is 4.52 Å². The van der Waals surface area contributed by atoms with Crippen LogP contribution in [0.1, 0.15) is 24.6 Å². The lowest BCUT2D eigenvalue weighted by atomic mass is 10.2. The van der Waals surface area contributed by atoms with Crippen molar-refractivity contribution < 1.29 is 8.91 Å². The Balaban J connectivity index is 1.70. The number of hydrogen-bond donors (Lipinski definition) is 1. The highest BCUT2D eigenvalue weighted by atomic mass is 79.9. The second kappa shape index (κ2) is 6.59. The van der Waals surface area contributed by atoms with E-state index in [1.54, 1.807) is 23.0 Å². The minimum absolute atomic E-state index is 0.147. The van der Waals surface area contributed by atoms with Crippen molar-refractivity contribution in [2.75, 3.05) is 0 Å². The summed E-state index contributed by atoms with van der Waals surface area (Å²) in [6, 6.07) is 5.96. The van der Waals surface area contributed by atoms with E-state index in [2.05, 4.69) is 36.5 Å². The van der Waals surface area contributed by atoms with Gasteiger partial charge in [-0.1, -0.05) is 17.3 Å². The molecule has 1 unspecified atom stereocenters. The highest BCUT2D eigenvalue weighted by molar-refractivity contribution is 9.10. The molecule has 0 bridgehead atoms. The van der Waals surface area contributed by atoms with E-state index in [0.717, 1.165) is 10.2 Å². The third-order valence-corrected chi connectivity index (χ3v) is 4.14. The molecule has 3 rings (SSSR count). The third-order valence-electron chi connectivity index (χ3n) is 3.48. The summed E-state index contributed by atoms with van der Waals surface area (Å²) in [5.74, 6) is 0.485. The summed E-state index contributed by atoms with van der Waals surface area (Å²) in [7, 11) is 1.88. The van der Waals surface area contributed by atoms with E-state index in [-0.39, 0.29) is 11.9 Å². The Bertz CT molecular complexity index is 796. The van der Waals surface area contributed by atoms with E-state index in [1.165, 1.54) is 12.1 Å². The van der Waals surface area contributed by atoms with Gasteiger partial charge in [0.2, 0.25) is 11.7 Å². The molecule has 0 saturated carbocycles. The fourth-order valence-electron chi connectivity index (χ4n) is 2.13. The number of nitrogens with one attached hydrogen (secondary N) is 1. The fourth-order valence-corrected chi connectivity index (χ4v) is 2.62. The molecule has 3 aromatic rings. The number of rotatable bonds is 5. The van der Waals surface area contributed by atoms with Gasteiger partial charge in [0.1, 0.15) is 5.82 Å². The van der Waals surface area contributed by atoms with E-state index in [0.29, 0.717) is 23.8 Å². The average molecular weight is 380 g/mol. The standard InChI is InChI=1S/C15H15BrFN5O/c1-9(18-8-13-12(16)7-19-22(13)2)15-20-14(21-23-15)10-4-3-5-11(17)6-10/h3-7,9,18H,8H2,1-2H3. The summed E-state index contributed by atoms with van der Waals surface area (Å²) in [5.41, 5.74) is 1.60. The van der Waals surface area contributed by atoms with Gasteiger partial charge in [0, 0.05) is 19.2 Å². The van der Waals surface area contributed by atoms with Crippen LogP contribution in [-0.4, -0.2) is 19.9 Å². The van der Waals surface area contributed by atoms with Crippen molar-refractivity contribution in [1.82, 2.24) is 25.2 Å². The Hall–Kier alpha value is -2.06. The first-order valence-electron chi connectivity index (χ1n) is 7.04. The van der Waals surface area contributed by atoms with Gasteiger partial charge in [0.25, 0.3) is 0 Å². The summed E-state index contributed by atoms with van der Waals surface area (Å²) in [6.07, 6.45) is 1.75. The first-order chi connectivity index (χ1) is 11.0. The van der Waals surface area contributed by atoms with E-state index < -0.39 is 0 Å². The van der Waals surface area contributed by atoms with E-state index in [9.17, 15) is 4.39 Å². The Morgan fingerprint density at radius 1 is 1.43 bits per heavy atom. The molecule has 2 heterocycles. The van der Waals surface area contributed by atoms with Gasteiger partial charge in [-0.3, -0.25) is 4.68 Å². The van der Waals surface area contributed by atoms with Crippen LogP contribution in [0.3, 0.4) is 0 Å². The molecular weight excluding hydrogens is 365 g/mol. The zero-order chi connectivity index (χ0) is 16.4. The monoisotopic (exact) mass is 379 g/mol. The molecule has 0 aliphatic rings. The van der Waals surface area contributed by atoms with Crippen molar-refractivity contribution in [3.05, 3.63) is 52.3 Å². The van der Waals surface area contributed by atoms with Gasteiger partial charge in [-0.25, -0.2) is 4.39 Å². The summed E-state index contributed by atoms with van der Waals surface area (Å²) < 4.78 is 21.3. The molecule has 0 fully saturated rings. The average Bonchev–Trinajstić information content (AvgIpc) is 3.13. The molecule has 0 amide bonds. The maximum absolute atomic E-state index is 13.3. The van der Waals surface area contributed by atoms with Crippen LogP contribution in [0.4, 0.5) is 4.39 Å². The molecule has 0 radical (unpaired) electrons. The Morgan fingerprint density at radius 3 is 2.96 bits per heavy atom. The number of aromatic nitrogens is 4. The van der Waals surface area contributed by atoms with Gasteiger partial charge >= 0.3 is 0 Å². The fraction of sp³-hybridized carbons (Fsp3) is 0.267. The molecule has 2 aromatic heterocycles. The SMILES string of the molecule is CC(NCc1c(Br)cnn1C)c1nc(-c2cccc(F)c2)no1. The van der Waals surface area contributed by atoms with Crippen LogP contribution < -0.4 is 5.32 Å². The van der Waals surface area contributed by atoms with Crippen molar-refractivity contribution in [2.45, 2.75) is 19.5 Å². The Morgan fingerprint density at radius 2 is 2.26 bits per heavy atom. The van der Waals surface area contributed by atoms with Crippen LogP contribution in [0.15, 0.2) is 39.5 Å². The van der Waals surface area contributed by atoms with Gasteiger partial charge < -0.3 is 9.84 Å². The second-order valence-electron chi connectivity index (χ2n) is 5.13. The van der Waals surface area contributed by atoms with Crippen molar-refractivity contribution in [2.24, 2.45) is 7.05 Å². The number of aryl methyl sites for hydroxylation is 1. The maximum atomic E-state index is 13.3. The minimum Gasteiger partial charge on any atom is -0.337 e. The van der Waals surface area contributed by atoms with Crippen molar-refractivity contribution >= 4 is 15.9 Å². The first kappa shape index (κ1) is 15.8. The highest BCUT2D eigenvalue weighted by Crippen LogP contribution is 2.20. The predicted molar refractivity (Wildman–Crippen MR) is 85.9 cm³/mol. The lowest BCUT2D eigenvalue weighted by Gasteiger charge is -2.10. The van der Waals surface area contributed by atoms with Gasteiger partial charge in [0.05, 0.1) is 22.4 Å². The van der Waals surface area contributed by atoms with E-state index >= 15 is 0 Å². The summed E-state index contributed by atoms with van der Waals surface area (Å²) in [4.78, 5) is 4.33. The zero-order valence-corrected chi connectivity index (χ0v) is 14.2. The molecule has 0 aliphatic heterocycles. The van der Waals surface area contributed by atoms with Crippen LogP contribution in [0.25, 0.3) is 11.4 Å². The number of nitrogens with zero attached hydrogens (tertiary/aromatic N) is 4. The highest BCUT2D eigenvalue weighted by Gasteiger charge is 2.16. The molecule has 8 heteroatoms. The second-order valence-corrected chi connectivity index (χ2v) is 5.99. The Labute approximate surface area is 140 Å². The molecule has 6 nitrogen and oxygen atoms in total. The number of benzene rings is 1.